The summed E-state index contributed by atoms with van der Waals surface area (Å²) in [6, 6.07) is 6.34. The lowest BCUT2D eigenvalue weighted by molar-refractivity contribution is -0.384. The van der Waals surface area contributed by atoms with Gasteiger partial charge in [-0.1, -0.05) is 13.5 Å². The first-order chi connectivity index (χ1) is 16.0. The highest BCUT2D eigenvalue weighted by molar-refractivity contribution is 5.93. The fourth-order valence-electron chi connectivity index (χ4n) is 5.03. The molecule has 2 aromatic heterocycles. The molecule has 9 heteroatoms. The number of phenols is 1. The largest absolute Gasteiger partial charge is 0.502 e. The van der Waals surface area contributed by atoms with Crippen molar-refractivity contribution in [3.8, 4) is 17.1 Å². The van der Waals surface area contributed by atoms with Crippen molar-refractivity contribution in [1.82, 2.24) is 9.55 Å². The zero-order chi connectivity index (χ0) is 24.6. The molecule has 0 aliphatic carbocycles. The van der Waals surface area contributed by atoms with Crippen LogP contribution in [0.25, 0.3) is 22.3 Å². The molecule has 0 spiro atoms. The Morgan fingerprint density at radius 2 is 2.09 bits per heavy atom. The first-order valence-electron chi connectivity index (χ1n) is 11.1. The maximum Gasteiger partial charge on any atom is 0.320 e. The lowest BCUT2D eigenvalue weighted by atomic mass is 9.83. The van der Waals surface area contributed by atoms with Gasteiger partial charge in [0.05, 0.1) is 44.9 Å². The predicted molar refractivity (Wildman–Crippen MR) is 126 cm³/mol. The molecule has 1 atom stereocenters. The summed E-state index contributed by atoms with van der Waals surface area (Å²) in [6.07, 6.45) is 0.516. The van der Waals surface area contributed by atoms with Crippen LogP contribution in [0.15, 0.2) is 41.4 Å². The van der Waals surface area contributed by atoms with E-state index in [0.29, 0.717) is 45.8 Å². The lowest BCUT2D eigenvalue weighted by Crippen LogP contribution is -2.44. The number of aromatic nitrogens is 2. The third-order valence-corrected chi connectivity index (χ3v) is 6.44. The fraction of sp³-hybridized carbons (Fsp3) is 0.360. The van der Waals surface area contributed by atoms with Crippen molar-refractivity contribution >= 4 is 16.6 Å². The third kappa shape index (κ3) is 3.03. The Labute approximate surface area is 195 Å². The maximum atomic E-state index is 13.6. The average molecular weight is 463 g/mol. The first kappa shape index (κ1) is 22.1. The van der Waals surface area contributed by atoms with Crippen molar-refractivity contribution < 1.29 is 19.5 Å². The van der Waals surface area contributed by atoms with Crippen LogP contribution in [-0.2, 0) is 28.2 Å². The number of nitro benzene ring substituents is 1. The van der Waals surface area contributed by atoms with E-state index < -0.39 is 27.6 Å². The average Bonchev–Trinajstić information content (AvgIpc) is 3.11. The first-order valence-corrected chi connectivity index (χ1v) is 11.1. The zero-order valence-electron chi connectivity index (χ0n) is 19.5. The molecular formula is C25H25N3O6. The summed E-state index contributed by atoms with van der Waals surface area (Å²) < 4.78 is 13.9. The molecule has 176 valence electrons. The minimum atomic E-state index is -0.995. The van der Waals surface area contributed by atoms with E-state index in [0.717, 1.165) is 0 Å². The van der Waals surface area contributed by atoms with Gasteiger partial charge in [0, 0.05) is 11.1 Å². The molecule has 2 aliphatic rings. The van der Waals surface area contributed by atoms with E-state index in [-0.39, 0.29) is 24.1 Å². The number of aromatic hydroxyl groups is 1. The fourth-order valence-corrected chi connectivity index (χ4v) is 5.03. The molecule has 3 aromatic rings. The number of hydrogen-bond acceptors (Lipinski definition) is 7. The van der Waals surface area contributed by atoms with E-state index in [9.17, 15) is 20.0 Å². The number of ether oxygens (including phenoxy) is 2. The molecule has 0 fully saturated rings. The van der Waals surface area contributed by atoms with E-state index in [1.165, 1.54) is 12.1 Å². The number of nitrogens with zero attached hydrogens (tertiary/aromatic N) is 3. The van der Waals surface area contributed by atoms with Gasteiger partial charge in [-0.3, -0.25) is 14.9 Å². The summed E-state index contributed by atoms with van der Waals surface area (Å²) >= 11 is 0. The highest BCUT2D eigenvalue weighted by atomic mass is 16.6. The normalized spacial score (nSPS) is 18.9. The Morgan fingerprint density at radius 3 is 2.74 bits per heavy atom. The van der Waals surface area contributed by atoms with Crippen LogP contribution in [0.4, 0.5) is 5.69 Å². The van der Waals surface area contributed by atoms with Gasteiger partial charge in [-0.15, -0.1) is 0 Å². The van der Waals surface area contributed by atoms with Crippen molar-refractivity contribution in [2.75, 3.05) is 0 Å². The Balaban J connectivity index is 1.78. The van der Waals surface area contributed by atoms with Crippen LogP contribution in [0.3, 0.4) is 0 Å². The molecular weight excluding hydrogens is 438 g/mol. The monoisotopic (exact) mass is 463 g/mol. The number of pyridine rings is 2. The summed E-state index contributed by atoms with van der Waals surface area (Å²) in [6.45, 7) is 12.2. The Hall–Kier alpha value is -3.72. The number of fused-ring (bicyclic) bond motifs is 5. The number of benzene rings is 1. The van der Waals surface area contributed by atoms with E-state index in [2.05, 4.69) is 11.6 Å². The predicted octanol–water partition coefficient (Wildman–Crippen LogP) is 4.50. The molecule has 0 saturated carbocycles. The van der Waals surface area contributed by atoms with Gasteiger partial charge in [0.1, 0.15) is 12.4 Å². The second-order valence-corrected chi connectivity index (χ2v) is 9.67. The zero-order valence-corrected chi connectivity index (χ0v) is 19.5. The molecule has 1 aromatic carbocycles. The molecule has 0 unspecified atom stereocenters. The molecule has 34 heavy (non-hydrogen) atoms. The quantitative estimate of drug-likeness (QED) is 0.351. The standard InChI is InChI=1S/C25H25N3O6/c1-6-25(34-24(3,4)5)13(2)33-12-16-17(25)10-19-21-14(11-27(19)23(16)30)9-15-18(26-21)7-8-20(29)22(15)28(31)32/h7-10,29H,2,6,11-12H2,1,3-5H3/t25-/m1/s1. The molecule has 1 N–H and O–H groups in total. The van der Waals surface area contributed by atoms with Crippen molar-refractivity contribution in [3.05, 3.63) is 73.8 Å². The Morgan fingerprint density at radius 1 is 1.35 bits per heavy atom. The number of rotatable bonds is 3. The second kappa shape index (κ2) is 7.14. The molecule has 2 aliphatic heterocycles. The number of phenolic OH excluding ortho intramolecular Hbond substituents is 1. The van der Waals surface area contributed by atoms with Crippen molar-refractivity contribution in [2.45, 2.75) is 58.5 Å². The van der Waals surface area contributed by atoms with Gasteiger partial charge >= 0.3 is 5.69 Å². The number of hydrogen-bond donors (Lipinski definition) is 1. The topological polar surface area (TPSA) is 117 Å². The molecule has 0 radical (unpaired) electrons. The smallest absolute Gasteiger partial charge is 0.320 e. The van der Waals surface area contributed by atoms with Crippen LogP contribution in [0, 0.1) is 10.1 Å². The van der Waals surface area contributed by atoms with Gasteiger partial charge in [-0.2, -0.15) is 0 Å². The van der Waals surface area contributed by atoms with Gasteiger partial charge in [-0.05, 0) is 51.5 Å². The van der Waals surface area contributed by atoms with E-state index in [4.69, 9.17) is 9.47 Å². The summed E-state index contributed by atoms with van der Waals surface area (Å²) in [7, 11) is 0. The van der Waals surface area contributed by atoms with Gasteiger partial charge in [-0.25, -0.2) is 4.98 Å². The third-order valence-electron chi connectivity index (χ3n) is 6.44. The van der Waals surface area contributed by atoms with Crippen LogP contribution >= 0.6 is 0 Å². The van der Waals surface area contributed by atoms with Crippen molar-refractivity contribution in [3.63, 3.8) is 0 Å². The maximum absolute atomic E-state index is 13.6. The van der Waals surface area contributed by atoms with Crippen LogP contribution in [-0.4, -0.2) is 25.2 Å². The van der Waals surface area contributed by atoms with E-state index in [1.807, 2.05) is 33.8 Å². The second-order valence-electron chi connectivity index (χ2n) is 9.67. The van der Waals surface area contributed by atoms with Crippen LogP contribution in [0.5, 0.6) is 5.75 Å². The Kier molecular flexibility index (Phi) is 4.64. The summed E-state index contributed by atoms with van der Waals surface area (Å²) in [4.78, 5) is 29.2. The minimum Gasteiger partial charge on any atom is -0.502 e. The van der Waals surface area contributed by atoms with Crippen LogP contribution in [0.2, 0.25) is 0 Å². The van der Waals surface area contributed by atoms with Crippen LogP contribution < -0.4 is 5.56 Å². The molecule has 4 heterocycles. The van der Waals surface area contributed by atoms with Gasteiger partial charge in [0.2, 0.25) is 0 Å². The number of nitro groups is 1. The highest BCUT2D eigenvalue weighted by Gasteiger charge is 2.46. The van der Waals surface area contributed by atoms with Crippen LogP contribution in [0.1, 0.15) is 50.8 Å². The lowest BCUT2D eigenvalue weighted by Gasteiger charge is -2.43. The van der Waals surface area contributed by atoms with Crippen molar-refractivity contribution in [2.24, 2.45) is 0 Å². The van der Waals surface area contributed by atoms with Gasteiger partial charge in [0.25, 0.3) is 5.56 Å². The summed E-state index contributed by atoms with van der Waals surface area (Å²) in [5.74, 6) is 0.0303. The van der Waals surface area contributed by atoms with Gasteiger partial charge < -0.3 is 19.1 Å². The SMILES string of the molecule is C=C1OCc2c(cc3n(c2=O)Cc2cc4c([N+](=O)[O-])c(O)ccc4nc2-3)[C@]1(CC)OC(C)(C)C. The molecule has 0 saturated heterocycles. The molecule has 0 amide bonds. The van der Waals surface area contributed by atoms with E-state index >= 15 is 0 Å². The molecule has 9 nitrogen and oxygen atoms in total. The minimum absolute atomic E-state index is 0.0909. The van der Waals surface area contributed by atoms with Crippen molar-refractivity contribution in [1.29, 1.82) is 0 Å². The molecule has 5 rings (SSSR count). The summed E-state index contributed by atoms with van der Waals surface area (Å²) in [5.41, 5.74) is 1.29. The van der Waals surface area contributed by atoms with Gasteiger partial charge in [0.15, 0.2) is 11.4 Å². The Bertz CT molecular complexity index is 1470. The molecule has 0 bridgehead atoms. The summed E-state index contributed by atoms with van der Waals surface area (Å²) in [5, 5.41) is 21.8. The van der Waals surface area contributed by atoms with E-state index in [1.54, 1.807) is 10.6 Å². The highest BCUT2D eigenvalue weighted by Crippen LogP contribution is 2.46.